The summed E-state index contributed by atoms with van der Waals surface area (Å²) in [4.78, 5) is 15.9. The standard InChI is InChI=1S/C9H16N2.C5H6N2O2/c1-2-5-9-10-6-4-8-11(9)7-3-1;1-3-2-6-5(9)7-4(3)8/h1-8H2;2H,1H3,(H2,6,7,8,9). The van der Waals surface area contributed by atoms with Crippen molar-refractivity contribution in [2.45, 2.75) is 39.0 Å². The number of nitrogens with one attached hydrogen (secondary N) is 2. The van der Waals surface area contributed by atoms with Gasteiger partial charge < -0.3 is 10.1 Å². The molecule has 0 aliphatic carbocycles. The lowest BCUT2D eigenvalue weighted by Gasteiger charge is -2.14. The van der Waals surface area contributed by atoms with E-state index in [9.17, 15) is 9.90 Å². The van der Waals surface area contributed by atoms with Crippen molar-refractivity contribution in [1.82, 2.24) is 15.3 Å². The van der Waals surface area contributed by atoms with Crippen LogP contribution < -0.4 is 16.0 Å². The molecule has 20 heavy (non-hydrogen) atoms. The molecule has 0 spiro atoms. The zero-order valence-corrected chi connectivity index (χ0v) is 11.9. The van der Waals surface area contributed by atoms with Crippen molar-refractivity contribution < 1.29 is 9.68 Å². The number of H-pyrrole nitrogens is 1. The largest absolute Gasteiger partial charge is 0.846 e. The Morgan fingerprint density at radius 2 is 2.05 bits per heavy atom. The molecule has 2 aliphatic heterocycles. The molecule has 0 unspecified atom stereocenters. The number of rotatable bonds is 0. The van der Waals surface area contributed by atoms with Gasteiger partial charge in [-0.1, -0.05) is 0 Å². The molecule has 110 valence electrons. The second-order valence-corrected chi connectivity index (χ2v) is 5.23. The third-order valence-corrected chi connectivity index (χ3v) is 3.61. The maximum absolute atomic E-state index is 10.5. The van der Waals surface area contributed by atoms with Crippen molar-refractivity contribution in [3.8, 4) is 6.01 Å². The Morgan fingerprint density at radius 3 is 2.80 bits per heavy atom. The maximum Gasteiger partial charge on any atom is 0.253 e. The molecule has 6 heteroatoms. The van der Waals surface area contributed by atoms with E-state index < -0.39 is 6.01 Å². The number of hydrogen-bond donors (Lipinski definition) is 2. The first-order chi connectivity index (χ1) is 9.66. The number of amidine groups is 1. The Kier molecular flexibility index (Phi) is 5.15. The van der Waals surface area contributed by atoms with E-state index in [1.54, 1.807) is 6.92 Å². The Labute approximate surface area is 118 Å². The number of hydrogen-bond acceptors (Lipinski definition) is 4. The van der Waals surface area contributed by atoms with Gasteiger partial charge in [-0.25, -0.2) is 0 Å². The van der Waals surface area contributed by atoms with E-state index in [4.69, 9.17) is 0 Å². The van der Waals surface area contributed by atoms with Gasteiger partial charge in [-0.3, -0.25) is 19.7 Å². The van der Waals surface area contributed by atoms with Gasteiger partial charge in [0.05, 0.1) is 25.6 Å². The van der Waals surface area contributed by atoms with E-state index in [1.165, 1.54) is 63.8 Å². The Bertz CT molecular complexity index is 518. The number of aromatic nitrogens is 2. The van der Waals surface area contributed by atoms with Crippen LogP contribution in [0.1, 0.15) is 37.7 Å². The monoisotopic (exact) mass is 278 g/mol. The highest BCUT2D eigenvalue weighted by atomic mass is 16.3. The maximum atomic E-state index is 10.5. The zero-order valence-electron chi connectivity index (χ0n) is 11.9. The van der Waals surface area contributed by atoms with Gasteiger partial charge in [0.25, 0.3) is 5.56 Å². The molecule has 0 saturated carbocycles. The lowest BCUT2D eigenvalue weighted by atomic mass is 10.2. The van der Waals surface area contributed by atoms with E-state index in [-0.39, 0.29) is 5.56 Å². The van der Waals surface area contributed by atoms with Crippen molar-refractivity contribution >= 4 is 5.84 Å². The average molecular weight is 278 g/mol. The van der Waals surface area contributed by atoms with Crippen LogP contribution in [-0.2, 0) is 0 Å². The van der Waals surface area contributed by atoms with E-state index in [0.29, 0.717) is 5.56 Å². The van der Waals surface area contributed by atoms with Crippen LogP contribution in [-0.4, -0.2) is 40.0 Å². The minimum Gasteiger partial charge on any atom is -0.846 e. The van der Waals surface area contributed by atoms with Gasteiger partial charge in [0.1, 0.15) is 0 Å². The number of nitrogens with zero attached hydrogens (tertiary/aromatic N) is 2. The summed E-state index contributed by atoms with van der Waals surface area (Å²) in [7, 11) is 0. The van der Waals surface area contributed by atoms with E-state index >= 15 is 0 Å². The minimum atomic E-state index is -0.592. The molecule has 2 N–H and O–H groups in total. The minimum absolute atomic E-state index is 0.366. The van der Waals surface area contributed by atoms with Crippen molar-refractivity contribution in [2.24, 2.45) is 0 Å². The molecule has 1 aromatic rings. The lowest BCUT2D eigenvalue weighted by molar-refractivity contribution is -0.534. The Hall–Kier alpha value is -1.85. The molecular formula is C14H22N4O2. The van der Waals surface area contributed by atoms with Crippen molar-refractivity contribution in [2.75, 3.05) is 19.6 Å². The molecule has 0 fully saturated rings. The average Bonchev–Trinajstić information content (AvgIpc) is 2.69. The molecule has 0 radical (unpaired) electrons. The van der Waals surface area contributed by atoms with Crippen molar-refractivity contribution in [1.29, 1.82) is 0 Å². The van der Waals surface area contributed by atoms with Crippen LogP contribution in [0.2, 0.25) is 0 Å². The van der Waals surface area contributed by atoms with Crippen LogP contribution in [0.4, 0.5) is 0 Å². The summed E-state index contributed by atoms with van der Waals surface area (Å²) >= 11 is 0. The fourth-order valence-electron chi connectivity index (χ4n) is 2.46. The highest BCUT2D eigenvalue weighted by molar-refractivity contribution is 5.77. The highest BCUT2D eigenvalue weighted by Gasteiger charge is 2.19. The summed E-state index contributed by atoms with van der Waals surface area (Å²) in [6, 6.07) is -0.592. The number of aryl methyl sites for hydroxylation is 1. The molecular weight excluding hydrogens is 256 g/mol. The lowest BCUT2D eigenvalue weighted by Crippen LogP contribution is -2.40. The first-order valence-corrected chi connectivity index (χ1v) is 7.24. The molecule has 0 bridgehead atoms. The molecule has 3 rings (SSSR count). The molecule has 0 aromatic carbocycles. The fourth-order valence-corrected chi connectivity index (χ4v) is 2.46. The van der Waals surface area contributed by atoms with Gasteiger partial charge in [0, 0.05) is 24.6 Å². The predicted molar refractivity (Wildman–Crippen MR) is 75.1 cm³/mol. The van der Waals surface area contributed by atoms with Gasteiger partial charge in [-0.05, 0) is 26.2 Å². The summed E-state index contributed by atoms with van der Waals surface area (Å²) in [5.41, 5.74) is 0.0876. The van der Waals surface area contributed by atoms with Crippen molar-refractivity contribution in [3.05, 3.63) is 22.1 Å². The SMILES string of the molecule is C1CCC2=[N+](CC1)CCCN2.Cc1cnc([O-])[nH]c1=O. The van der Waals surface area contributed by atoms with Gasteiger partial charge in [-0.2, -0.15) is 0 Å². The fraction of sp³-hybridized carbons (Fsp3) is 0.643. The van der Waals surface area contributed by atoms with Gasteiger partial charge >= 0.3 is 0 Å². The third-order valence-electron chi connectivity index (χ3n) is 3.61. The van der Waals surface area contributed by atoms with E-state index in [0.717, 1.165) is 0 Å². The van der Waals surface area contributed by atoms with Crippen LogP contribution >= 0.6 is 0 Å². The van der Waals surface area contributed by atoms with E-state index in [2.05, 4.69) is 14.9 Å². The second-order valence-electron chi connectivity index (χ2n) is 5.23. The Morgan fingerprint density at radius 1 is 1.25 bits per heavy atom. The van der Waals surface area contributed by atoms with E-state index in [1.807, 2.05) is 4.98 Å². The van der Waals surface area contributed by atoms with Gasteiger partial charge in [-0.15, -0.1) is 0 Å². The third kappa shape index (κ3) is 4.08. The van der Waals surface area contributed by atoms with Crippen LogP contribution in [0.5, 0.6) is 6.01 Å². The quantitative estimate of drug-likeness (QED) is 0.660. The molecule has 1 aromatic heterocycles. The zero-order chi connectivity index (χ0) is 14.4. The van der Waals surface area contributed by atoms with Crippen LogP contribution in [0.15, 0.2) is 11.0 Å². The van der Waals surface area contributed by atoms with Crippen LogP contribution in [0, 0.1) is 6.92 Å². The van der Waals surface area contributed by atoms with Crippen molar-refractivity contribution in [3.63, 3.8) is 0 Å². The van der Waals surface area contributed by atoms with Gasteiger partial charge in [0.15, 0.2) is 0 Å². The first kappa shape index (κ1) is 14.6. The summed E-state index contributed by atoms with van der Waals surface area (Å²) in [6.45, 7) is 5.38. The Balaban J connectivity index is 0.000000151. The first-order valence-electron chi connectivity index (χ1n) is 7.24. The predicted octanol–water partition coefficient (Wildman–Crippen LogP) is 0.117. The summed E-state index contributed by atoms with van der Waals surface area (Å²) in [5.74, 6) is 1.52. The molecule has 0 amide bonds. The normalized spacial score (nSPS) is 18.2. The molecule has 0 saturated heterocycles. The number of aromatic amines is 1. The summed E-state index contributed by atoms with van der Waals surface area (Å²) in [5, 5.41) is 13.8. The second kappa shape index (κ2) is 7.07. The van der Waals surface area contributed by atoms with Crippen LogP contribution in [0.25, 0.3) is 0 Å². The van der Waals surface area contributed by atoms with Crippen LogP contribution in [0.3, 0.4) is 0 Å². The van der Waals surface area contributed by atoms with Gasteiger partial charge in [0.2, 0.25) is 5.84 Å². The summed E-state index contributed by atoms with van der Waals surface area (Å²) < 4.78 is 2.54. The smallest absolute Gasteiger partial charge is 0.253 e. The topological polar surface area (TPSA) is 83.8 Å². The summed E-state index contributed by atoms with van der Waals surface area (Å²) in [6.07, 6.45) is 8.07. The molecule has 6 nitrogen and oxygen atoms in total. The molecule has 0 atom stereocenters. The molecule has 3 heterocycles. The molecule has 2 aliphatic rings. The highest BCUT2D eigenvalue weighted by Crippen LogP contribution is 2.08.